The number of rotatable bonds is 2. The second-order valence-corrected chi connectivity index (χ2v) is 2.46. The van der Waals surface area contributed by atoms with Crippen molar-refractivity contribution in [2.75, 3.05) is 6.61 Å². The quantitative estimate of drug-likeness (QED) is 0.630. The van der Waals surface area contributed by atoms with Gasteiger partial charge in [0.2, 0.25) is 10.7 Å². The van der Waals surface area contributed by atoms with Gasteiger partial charge in [0.05, 0.1) is 6.61 Å². The van der Waals surface area contributed by atoms with Crippen molar-refractivity contribution in [3.05, 3.63) is 17.0 Å². The molecule has 0 aromatic carbocycles. The number of nitrogens with zero attached hydrogens (tertiary/aromatic N) is 2. The van der Waals surface area contributed by atoms with Gasteiger partial charge in [-0.3, -0.25) is 0 Å². The van der Waals surface area contributed by atoms with E-state index in [0.29, 0.717) is 17.3 Å². The SMILES string of the molecule is CCOc1ccn(C)c(=S)n1. The van der Waals surface area contributed by atoms with Crippen molar-refractivity contribution >= 4 is 12.2 Å². The zero-order valence-electron chi connectivity index (χ0n) is 6.57. The van der Waals surface area contributed by atoms with Crippen molar-refractivity contribution in [1.82, 2.24) is 9.55 Å². The summed E-state index contributed by atoms with van der Waals surface area (Å²) in [5.74, 6) is 0.593. The van der Waals surface area contributed by atoms with Crippen molar-refractivity contribution in [2.45, 2.75) is 6.92 Å². The molecule has 0 amide bonds. The normalized spacial score (nSPS) is 9.64. The van der Waals surface area contributed by atoms with Crippen LogP contribution in [-0.4, -0.2) is 16.2 Å². The second-order valence-electron chi connectivity index (χ2n) is 2.09. The summed E-state index contributed by atoms with van der Waals surface area (Å²) in [5.41, 5.74) is 0. The molecule has 0 radical (unpaired) electrons. The highest BCUT2D eigenvalue weighted by Crippen LogP contribution is 2.03. The van der Waals surface area contributed by atoms with E-state index in [0.717, 1.165) is 0 Å². The van der Waals surface area contributed by atoms with Crippen LogP contribution >= 0.6 is 12.2 Å². The van der Waals surface area contributed by atoms with Crippen LogP contribution in [0.2, 0.25) is 0 Å². The van der Waals surface area contributed by atoms with Gasteiger partial charge < -0.3 is 9.30 Å². The first-order valence-corrected chi connectivity index (χ1v) is 3.81. The van der Waals surface area contributed by atoms with Crippen molar-refractivity contribution in [2.24, 2.45) is 7.05 Å². The van der Waals surface area contributed by atoms with Gasteiger partial charge in [0.1, 0.15) is 0 Å². The van der Waals surface area contributed by atoms with Crippen LogP contribution in [0.25, 0.3) is 0 Å². The number of ether oxygens (including phenoxy) is 1. The molecule has 1 aromatic heterocycles. The standard InChI is InChI=1S/C7H10N2OS/c1-3-10-6-4-5-9(2)7(11)8-6/h4-5H,3H2,1-2H3. The fraction of sp³-hybridized carbons (Fsp3) is 0.429. The van der Waals surface area contributed by atoms with E-state index >= 15 is 0 Å². The summed E-state index contributed by atoms with van der Waals surface area (Å²) in [5, 5.41) is 0. The van der Waals surface area contributed by atoms with Crippen molar-refractivity contribution in [1.29, 1.82) is 0 Å². The molecule has 0 unspecified atom stereocenters. The number of hydrogen-bond donors (Lipinski definition) is 0. The number of aromatic nitrogens is 2. The highest BCUT2D eigenvalue weighted by molar-refractivity contribution is 7.71. The molecule has 0 fully saturated rings. The largest absolute Gasteiger partial charge is 0.478 e. The first-order chi connectivity index (χ1) is 5.24. The smallest absolute Gasteiger partial charge is 0.217 e. The van der Waals surface area contributed by atoms with Gasteiger partial charge in [0.15, 0.2) is 0 Å². The molecule has 0 saturated heterocycles. The second kappa shape index (κ2) is 3.48. The van der Waals surface area contributed by atoms with E-state index in [9.17, 15) is 0 Å². The van der Waals surface area contributed by atoms with E-state index in [1.54, 1.807) is 10.6 Å². The molecule has 0 bridgehead atoms. The van der Waals surface area contributed by atoms with E-state index in [1.807, 2.05) is 20.2 Å². The van der Waals surface area contributed by atoms with E-state index in [1.165, 1.54) is 0 Å². The minimum Gasteiger partial charge on any atom is -0.478 e. The Kier molecular flexibility index (Phi) is 2.59. The molecule has 0 aliphatic heterocycles. The zero-order valence-corrected chi connectivity index (χ0v) is 7.39. The van der Waals surface area contributed by atoms with Gasteiger partial charge in [-0.1, -0.05) is 0 Å². The van der Waals surface area contributed by atoms with Crippen LogP contribution in [0.15, 0.2) is 12.3 Å². The molecule has 1 aromatic rings. The maximum absolute atomic E-state index is 5.15. The maximum atomic E-state index is 5.15. The average Bonchev–Trinajstić information content (AvgIpc) is 1.98. The highest BCUT2D eigenvalue weighted by atomic mass is 32.1. The lowest BCUT2D eigenvalue weighted by molar-refractivity contribution is 0.324. The van der Waals surface area contributed by atoms with Gasteiger partial charge in [-0.25, -0.2) is 0 Å². The molecular weight excluding hydrogens is 160 g/mol. The van der Waals surface area contributed by atoms with Crippen LogP contribution in [0.3, 0.4) is 0 Å². The zero-order chi connectivity index (χ0) is 8.27. The Bertz CT molecular complexity index is 295. The molecule has 4 heteroatoms. The lowest BCUT2D eigenvalue weighted by atomic mass is 10.6. The summed E-state index contributed by atoms with van der Waals surface area (Å²) in [6.07, 6.45) is 1.83. The van der Waals surface area contributed by atoms with Crippen LogP contribution in [-0.2, 0) is 7.05 Å². The summed E-state index contributed by atoms with van der Waals surface area (Å²) in [6, 6.07) is 1.79. The Hall–Kier alpha value is -0.900. The Balaban J connectivity index is 2.96. The molecule has 0 aliphatic rings. The maximum Gasteiger partial charge on any atom is 0.217 e. The molecule has 0 saturated carbocycles. The van der Waals surface area contributed by atoms with Gasteiger partial charge in [-0.15, -0.1) is 0 Å². The van der Waals surface area contributed by atoms with Crippen LogP contribution in [0.5, 0.6) is 5.88 Å². The van der Waals surface area contributed by atoms with E-state index in [2.05, 4.69) is 4.98 Å². The fourth-order valence-electron chi connectivity index (χ4n) is 0.678. The van der Waals surface area contributed by atoms with E-state index in [-0.39, 0.29) is 0 Å². The predicted octanol–water partition coefficient (Wildman–Crippen LogP) is 1.55. The minimum atomic E-state index is 0.538. The van der Waals surface area contributed by atoms with Gasteiger partial charge in [-0.05, 0) is 19.1 Å². The van der Waals surface area contributed by atoms with E-state index < -0.39 is 0 Å². The van der Waals surface area contributed by atoms with Crippen LogP contribution in [0.1, 0.15) is 6.92 Å². The summed E-state index contributed by atoms with van der Waals surface area (Å²) in [4.78, 5) is 4.02. The summed E-state index contributed by atoms with van der Waals surface area (Å²) in [7, 11) is 1.85. The topological polar surface area (TPSA) is 27.1 Å². The third-order valence-electron chi connectivity index (χ3n) is 1.24. The van der Waals surface area contributed by atoms with Gasteiger partial charge in [-0.2, -0.15) is 4.98 Å². The summed E-state index contributed by atoms with van der Waals surface area (Å²) in [6.45, 7) is 2.53. The first-order valence-electron chi connectivity index (χ1n) is 3.40. The van der Waals surface area contributed by atoms with Crippen molar-refractivity contribution < 1.29 is 4.74 Å². The molecule has 0 atom stereocenters. The van der Waals surface area contributed by atoms with Gasteiger partial charge >= 0.3 is 0 Å². The Morgan fingerprint density at radius 3 is 3.00 bits per heavy atom. The third-order valence-corrected chi connectivity index (χ3v) is 1.62. The van der Waals surface area contributed by atoms with Gasteiger partial charge in [0.25, 0.3) is 0 Å². The Labute approximate surface area is 70.6 Å². The number of aryl methyl sites for hydroxylation is 1. The number of hydrogen-bond acceptors (Lipinski definition) is 3. The van der Waals surface area contributed by atoms with Crippen LogP contribution < -0.4 is 4.74 Å². The summed E-state index contributed by atoms with van der Waals surface area (Å²) >= 11 is 4.93. The fourth-order valence-corrected chi connectivity index (χ4v) is 0.829. The lowest BCUT2D eigenvalue weighted by Crippen LogP contribution is -1.99. The van der Waals surface area contributed by atoms with Crippen molar-refractivity contribution in [3.8, 4) is 5.88 Å². The van der Waals surface area contributed by atoms with Crippen LogP contribution in [0.4, 0.5) is 0 Å². The molecule has 11 heavy (non-hydrogen) atoms. The lowest BCUT2D eigenvalue weighted by Gasteiger charge is -2.02. The van der Waals surface area contributed by atoms with Crippen LogP contribution in [0, 0.1) is 4.77 Å². The monoisotopic (exact) mass is 170 g/mol. The first kappa shape index (κ1) is 8.20. The third kappa shape index (κ3) is 2.01. The Morgan fingerprint density at radius 1 is 1.73 bits per heavy atom. The minimum absolute atomic E-state index is 0.538. The molecule has 60 valence electrons. The van der Waals surface area contributed by atoms with Crippen molar-refractivity contribution in [3.63, 3.8) is 0 Å². The molecular formula is C7H10N2OS. The molecule has 1 rings (SSSR count). The summed E-state index contributed by atoms with van der Waals surface area (Å²) < 4.78 is 7.45. The Morgan fingerprint density at radius 2 is 2.45 bits per heavy atom. The molecule has 0 N–H and O–H groups in total. The average molecular weight is 170 g/mol. The molecule has 1 heterocycles. The molecule has 0 spiro atoms. The molecule has 0 aliphatic carbocycles. The highest BCUT2D eigenvalue weighted by Gasteiger charge is 1.92. The predicted molar refractivity (Wildman–Crippen MR) is 45.2 cm³/mol. The van der Waals surface area contributed by atoms with E-state index in [4.69, 9.17) is 17.0 Å². The van der Waals surface area contributed by atoms with Gasteiger partial charge in [0, 0.05) is 19.3 Å². The molecule has 3 nitrogen and oxygen atoms in total.